The van der Waals surface area contributed by atoms with Crippen molar-refractivity contribution in [3.63, 3.8) is 0 Å². The number of aryl methyl sites for hydroxylation is 1. The van der Waals surface area contributed by atoms with Gasteiger partial charge < -0.3 is 24.8 Å². The largest absolute Gasteiger partial charge is 0.496 e. The molecule has 0 aliphatic heterocycles. The molecule has 1 aromatic heterocycles. The molecule has 0 fully saturated rings. The third-order valence-corrected chi connectivity index (χ3v) is 4.12. The normalized spacial score (nSPS) is 11.1. The molecular weight excluding hydrogens is 344 g/mol. The number of nitrogens with zero attached hydrogens (tertiary/aromatic N) is 2. The lowest BCUT2D eigenvalue weighted by Gasteiger charge is -2.16. The van der Waals surface area contributed by atoms with Crippen LogP contribution < -0.4 is 24.8 Å². The van der Waals surface area contributed by atoms with Crippen LogP contribution in [-0.2, 0) is 6.54 Å². The smallest absolute Gasteiger partial charge is 0.195 e. The molecule has 27 heavy (non-hydrogen) atoms. The summed E-state index contributed by atoms with van der Waals surface area (Å²) in [7, 11) is 5.01. The van der Waals surface area contributed by atoms with Crippen LogP contribution in [-0.4, -0.2) is 38.8 Å². The van der Waals surface area contributed by atoms with Crippen molar-refractivity contribution in [2.75, 3.05) is 33.2 Å². The lowest BCUT2D eigenvalue weighted by atomic mass is 10.1. The zero-order chi connectivity index (χ0) is 19.8. The number of hydrogen-bond acceptors (Lipinski definition) is 5. The Morgan fingerprint density at radius 3 is 2.56 bits per heavy atom. The summed E-state index contributed by atoms with van der Waals surface area (Å²) < 4.78 is 16.4. The van der Waals surface area contributed by atoms with Crippen molar-refractivity contribution in [3.8, 4) is 17.2 Å². The molecule has 146 valence electrons. The lowest BCUT2D eigenvalue weighted by Crippen LogP contribution is -2.30. The van der Waals surface area contributed by atoms with E-state index in [9.17, 15) is 0 Å². The quantitative estimate of drug-likeness (QED) is 0.574. The number of benzene rings is 1. The fourth-order valence-electron chi connectivity index (χ4n) is 2.75. The zero-order valence-corrected chi connectivity index (χ0v) is 16.8. The molecule has 0 aliphatic carbocycles. The van der Waals surface area contributed by atoms with Crippen LogP contribution in [0.4, 0.5) is 5.69 Å². The van der Waals surface area contributed by atoms with Gasteiger partial charge in [-0.15, -0.1) is 0 Å². The number of guanidine groups is 1. The van der Waals surface area contributed by atoms with E-state index in [1.165, 1.54) is 0 Å². The van der Waals surface area contributed by atoms with Crippen molar-refractivity contribution >= 4 is 11.6 Å². The number of rotatable bonds is 7. The van der Waals surface area contributed by atoms with E-state index in [2.05, 4.69) is 20.6 Å². The van der Waals surface area contributed by atoms with E-state index in [0.717, 1.165) is 28.3 Å². The number of aliphatic imine (C=N–C) groups is 1. The molecule has 0 radical (unpaired) electrons. The fraction of sp³-hybridized carbons (Fsp3) is 0.400. The van der Waals surface area contributed by atoms with E-state index < -0.39 is 0 Å². The van der Waals surface area contributed by atoms with Gasteiger partial charge >= 0.3 is 0 Å². The molecule has 2 aromatic rings. The molecule has 0 saturated heterocycles. The van der Waals surface area contributed by atoms with E-state index in [1.807, 2.05) is 45.2 Å². The molecule has 0 saturated carbocycles. The van der Waals surface area contributed by atoms with Crippen LogP contribution in [0, 0.1) is 13.8 Å². The van der Waals surface area contributed by atoms with Crippen LogP contribution in [0.1, 0.15) is 23.7 Å². The van der Waals surface area contributed by atoms with E-state index in [0.29, 0.717) is 30.6 Å². The molecule has 2 N–H and O–H groups in total. The summed E-state index contributed by atoms with van der Waals surface area (Å²) in [5, 5.41) is 6.52. The highest BCUT2D eigenvalue weighted by molar-refractivity contribution is 5.93. The van der Waals surface area contributed by atoms with Gasteiger partial charge in [-0.3, -0.25) is 9.98 Å². The molecule has 7 nitrogen and oxygen atoms in total. The summed E-state index contributed by atoms with van der Waals surface area (Å²) in [5.41, 5.74) is 3.78. The van der Waals surface area contributed by atoms with Crippen LogP contribution in [0.3, 0.4) is 0 Å². The number of methoxy groups -OCH3 is 2. The average molecular weight is 372 g/mol. The van der Waals surface area contributed by atoms with Crippen LogP contribution in [0.15, 0.2) is 29.4 Å². The Morgan fingerprint density at radius 2 is 1.93 bits per heavy atom. The van der Waals surface area contributed by atoms with E-state index >= 15 is 0 Å². The Labute approximate surface area is 160 Å². The minimum atomic E-state index is 0.524. The van der Waals surface area contributed by atoms with Gasteiger partial charge in [0.1, 0.15) is 5.75 Å². The molecule has 0 atom stereocenters. The molecule has 0 aliphatic rings. The highest BCUT2D eigenvalue weighted by Gasteiger charge is 2.11. The highest BCUT2D eigenvalue weighted by Crippen LogP contribution is 2.30. The number of nitrogens with one attached hydrogen (secondary N) is 2. The number of ether oxygens (including phenoxy) is 3. The first-order valence-electron chi connectivity index (χ1n) is 8.81. The Hall–Kier alpha value is -2.96. The maximum atomic E-state index is 5.55. The SMILES string of the molecule is CCOc1ccc(NC(=NC)NCc2ncc(C)c(OC)c2C)cc1OC. The van der Waals surface area contributed by atoms with Gasteiger partial charge in [-0.2, -0.15) is 0 Å². The third kappa shape index (κ3) is 5.03. The predicted octanol–water partition coefficient (Wildman–Crippen LogP) is 3.30. The Morgan fingerprint density at radius 1 is 1.15 bits per heavy atom. The number of pyridine rings is 1. The van der Waals surface area contributed by atoms with Crippen LogP contribution in [0.25, 0.3) is 0 Å². The van der Waals surface area contributed by atoms with E-state index in [4.69, 9.17) is 14.2 Å². The number of anilines is 1. The first kappa shape index (κ1) is 20.4. The molecule has 1 aromatic carbocycles. The van der Waals surface area contributed by atoms with Crippen molar-refractivity contribution in [2.24, 2.45) is 4.99 Å². The molecular formula is C20H28N4O3. The maximum absolute atomic E-state index is 5.55. The van der Waals surface area contributed by atoms with Gasteiger partial charge in [0.25, 0.3) is 0 Å². The molecule has 1 heterocycles. The maximum Gasteiger partial charge on any atom is 0.195 e. The minimum Gasteiger partial charge on any atom is -0.496 e. The van der Waals surface area contributed by atoms with Crippen molar-refractivity contribution < 1.29 is 14.2 Å². The molecule has 0 spiro atoms. The van der Waals surface area contributed by atoms with Gasteiger partial charge in [-0.05, 0) is 32.9 Å². The Kier molecular flexibility index (Phi) is 7.28. The minimum absolute atomic E-state index is 0.524. The predicted molar refractivity (Wildman–Crippen MR) is 108 cm³/mol. The average Bonchev–Trinajstić information content (AvgIpc) is 2.67. The standard InChI is InChI=1S/C20H28N4O3/c1-7-27-17-9-8-15(10-18(17)25-5)24-20(21-4)23-12-16-14(3)19(26-6)13(2)11-22-16/h8-11H,7,12H2,1-6H3,(H2,21,23,24). The number of aromatic nitrogens is 1. The Balaban J connectivity index is 2.09. The summed E-state index contributed by atoms with van der Waals surface area (Å²) >= 11 is 0. The van der Waals surface area contributed by atoms with Crippen molar-refractivity contribution in [3.05, 3.63) is 41.2 Å². The van der Waals surface area contributed by atoms with Gasteiger partial charge in [-0.25, -0.2) is 0 Å². The van der Waals surface area contributed by atoms with Crippen molar-refractivity contribution in [1.29, 1.82) is 0 Å². The van der Waals surface area contributed by atoms with Gasteiger partial charge in [0.15, 0.2) is 17.5 Å². The lowest BCUT2D eigenvalue weighted by molar-refractivity contribution is 0.311. The molecule has 2 rings (SSSR count). The Bertz CT molecular complexity index is 806. The summed E-state index contributed by atoms with van der Waals surface area (Å²) in [5.74, 6) is 2.86. The monoisotopic (exact) mass is 372 g/mol. The second-order valence-electron chi connectivity index (χ2n) is 5.90. The summed E-state index contributed by atoms with van der Waals surface area (Å²) in [6.07, 6.45) is 1.82. The second kappa shape index (κ2) is 9.66. The third-order valence-electron chi connectivity index (χ3n) is 4.12. The highest BCUT2D eigenvalue weighted by atomic mass is 16.5. The summed E-state index contributed by atoms with van der Waals surface area (Å²) in [6, 6.07) is 5.66. The fourth-order valence-corrected chi connectivity index (χ4v) is 2.75. The van der Waals surface area contributed by atoms with Crippen LogP contribution in [0.5, 0.6) is 17.2 Å². The number of hydrogen-bond donors (Lipinski definition) is 2. The molecule has 0 amide bonds. The van der Waals surface area contributed by atoms with Crippen molar-refractivity contribution in [2.45, 2.75) is 27.3 Å². The zero-order valence-electron chi connectivity index (χ0n) is 16.8. The van der Waals surface area contributed by atoms with Crippen molar-refractivity contribution in [1.82, 2.24) is 10.3 Å². The van der Waals surface area contributed by atoms with Gasteiger partial charge in [0, 0.05) is 36.1 Å². The van der Waals surface area contributed by atoms with Gasteiger partial charge in [-0.1, -0.05) is 0 Å². The summed E-state index contributed by atoms with van der Waals surface area (Å²) in [6.45, 7) is 7.03. The molecule has 0 unspecified atom stereocenters. The van der Waals surface area contributed by atoms with E-state index in [-0.39, 0.29) is 0 Å². The van der Waals surface area contributed by atoms with Gasteiger partial charge in [0.2, 0.25) is 0 Å². The van der Waals surface area contributed by atoms with Crippen LogP contribution in [0.2, 0.25) is 0 Å². The molecule has 7 heteroatoms. The first-order chi connectivity index (χ1) is 13.0. The first-order valence-corrected chi connectivity index (χ1v) is 8.81. The second-order valence-corrected chi connectivity index (χ2v) is 5.90. The molecule has 0 bridgehead atoms. The van der Waals surface area contributed by atoms with Gasteiger partial charge in [0.05, 0.1) is 33.1 Å². The van der Waals surface area contributed by atoms with E-state index in [1.54, 1.807) is 21.3 Å². The summed E-state index contributed by atoms with van der Waals surface area (Å²) in [4.78, 5) is 8.76. The topological polar surface area (TPSA) is 77.0 Å². The van der Waals surface area contributed by atoms with Crippen LogP contribution >= 0.6 is 0 Å².